The Morgan fingerprint density at radius 1 is 1.38 bits per heavy atom. The van der Waals surface area contributed by atoms with Crippen LogP contribution in [0.1, 0.15) is 27.2 Å². The number of pyridine rings is 1. The molecule has 0 atom stereocenters. The number of carbonyl (C=O) groups excluding carboxylic acids is 1. The number of aromatic nitrogens is 1. The predicted molar refractivity (Wildman–Crippen MR) is 90.4 cm³/mol. The highest BCUT2D eigenvalue weighted by atomic mass is 79.9. The van der Waals surface area contributed by atoms with E-state index in [0.717, 1.165) is 27.5 Å². The van der Waals surface area contributed by atoms with Crippen LogP contribution < -0.4 is 10.6 Å². The monoisotopic (exact) mass is 349 g/mol. The van der Waals surface area contributed by atoms with Gasteiger partial charge in [0.15, 0.2) is 0 Å². The lowest BCUT2D eigenvalue weighted by Crippen LogP contribution is -2.45. The topological polar surface area (TPSA) is 54.0 Å². The summed E-state index contributed by atoms with van der Waals surface area (Å²) < 4.78 is 0.939. The summed E-state index contributed by atoms with van der Waals surface area (Å²) in [5, 5.41) is 7.20. The number of nitrogens with one attached hydrogen (secondary N) is 2. The summed E-state index contributed by atoms with van der Waals surface area (Å²) in [6.07, 6.45) is 2.65. The highest BCUT2D eigenvalue weighted by Gasteiger charge is 2.17. The van der Waals surface area contributed by atoms with Crippen LogP contribution in [0.3, 0.4) is 0 Å². The first-order valence-electron chi connectivity index (χ1n) is 7.00. The first-order chi connectivity index (χ1) is 9.91. The number of benzene rings is 1. The van der Waals surface area contributed by atoms with Crippen molar-refractivity contribution in [3.63, 3.8) is 0 Å². The van der Waals surface area contributed by atoms with Crippen molar-refractivity contribution in [2.75, 3.05) is 11.9 Å². The third-order valence-corrected chi connectivity index (χ3v) is 3.91. The molecule has 0 aliphatic heterocycles. The zero-order chi connectivity index (χ0) is 15.5. The molecule has 0 aliphatic rings. The third-order valence-electron chi connectivity index (χ3n) is 3.48. The van der Waals surface area contributed by atoms with Gasteiger partial charge in [0.1, 0.15) is 0 Å². The van der Waals surface area contributed by atoms with E-state index >= 15 is 0 Å². The van der Waals surface area contributed by atoms with Gasteiger partial charge in [-0.05, 0) is 48.3 Å². The van der Waals surface area contributed by atoms with Gasteiger partial charge in [-0.1, -0.05) is 19.1 Å². The van der Waals surface area contributed by atoms with Gasteiger partial charge in [0.2, 0.25) is 5.91 Å². The fourth-order valence-corrected chi connectivity index (χ4v) is 2.31. The average Bonchev–Trinajstić information content (AvgIpc) is 2.44. The van der Waals surface area contributed by atoms with Crippen molar-refractivity contribution >= 4 is 38.4 Å². The van der Waals surface area contributed by atoms with E-state index in [9.17, 15) is 4.79 Å². The Labute approximate surface area is 133 Å². The van der Waals surface area contributed by atoms with Crippen molar-refractivity contribution in [2.45, 2.75) is 32.7 Å². The van der Waals surface area contributed by atoms with E-state index in [0.29, 0.717) is 0 Å². The maximum absolute atomic E-state index is 12.0. The van der Waals surface area contributed by atoms with Gasteiger partial charge in [-0.2, -0.15) is 0 Å². The lowest BCUT2D eigenvalue weighted by Gasteiger charge is -2.24. The molecule has 2 rings (SSSR count). The van der Waals surface area contributed by atoms with Gasteiger partial charge in [0.25, 0.3) is 0 Å². The van der Waals surface area contributed by atoms with E-state index in [-0.39, 0.29) is 18.0 Å². The molecule has 1 amide bonds. The summed E-state index contributed by atoms with van der Waals surface area (Å²) in [5.74, 6) is -0.0176. The summed E-state index contributed by atoms with van der Waals surface area (Å²) in [4.78, 5) is 16.4. The second kappa shape index (κ2) is 6.43. The standard InChI is InChI=1S/C16H20BrN3O/c1-4-16(2,3)20-14(21)10-18-13-7-5-6-11-8-12(17)9-19-15(11)13/h5-9,18H,4,10H2,1-3H3,(H,20,21). The number of carbonyl (C=O) groups is 1. The van der Waals surface area contributed by atoms with Crippen LogP contribution in [0.5, 0.6) is 0 Å². The van der Waals surface area contributed by atoms with E-state index in [1.54, 1.807) is 6.20 Å². The van der Waals surface area contributed by atoms with E-state index in [1.807, 2.05) is 38.1 Å². The molecule has 21 heavy (non-hydrogen) atoms. The van der Waals surface area contributed by atoms with E-state index < -0.39 is 0 Å². The van der Waals surface area contributed by atoms with Crippen LogP contribution in [0, 0.1) is 0 Å². The van der Waals surface area contributed by atoms with Gasteiger partial charge < -0.3 is 10.6 Å². The number of rotatable bonds is 5. The van der Waals surface area contributed by atoms with Gasteiger partial charge in [-0.25, -0.2) is 0 Å². The molecule has 4 nitrogen and oxygen atoms in total. The second-order valence-corrected chi connectivity index (χ2v) is 6.59. The van der Waals surface area contributed by atoms with Gasteiger partial charge in [0, 0.05) is 21.6 Å². The van der Waals surface area contributed by atoms with Gasteiger partial charge in [0.05, 0.1) is 17.7 Å². The Balaban J connectivity index is 2.09. The van der Waals surface area contributed by atoms with Gasteiger partial charge in [-0.3, -0.25) is 9.78 Å². The van der Waals surface area contributed by atoms with E-state index in [2.05, 4.69) is 38.5 Å². The predicted octanol–water partition coefficient (Wildman–Crippen LogP) is 3.71. The minimum Gasteiger partial charge on any atom is -0.374 e. The van der Waals surface area contributed by atoms with E-state index in [1.165, 1.54) is 0 Å². The normalized spacial score (nSPS) is 11.4. The lowest BCUT2D eigenvalue weighted by molar-refractivity contribution is -0.121. The second-order valence-electron chi connectivity index (χ2n) is 5.67. The molecule has 0 aliphatic carbocycles. The summed E-state index contributed by atoms with van der Waals surface area (Å²) in [5.41, 5.74) is 1.55. The molecule has 0 radical (unpaired) electrons. The smallest absolute Gasteiger partial charge is 0.239 e. The van der Waals surface area contributed by atoms with E-state index in [4.69, 9.17) is 0 Å². The highest BCUT2D eigenvalue weighted by molar-refractivity contribution is 9.10. The van der Waals surface area contributed by atoms with Crippen LogP contribution in [-0.4, -0.2) is 23.0 Å². The SMILES string of the molecule is CCC(C)(C)NC(=O)CNc1cccc2cc(Br)cnc12. The summed E-state index contributed by atoms with van der Waals surface area (Å²) in [6.45, 7) is 6.32. The fourth-order valence-electron chi connectivity index (χ4n) is 1.96. The van der Waals surface area contributed by atoms with Crippen LogP contribution in [0.2, 0.25) is 0 Å². The Kier molecular flexibility index (Phi) is 4.83. The molecule has 0 unspecified atom stereocenters. The first-order valence-corrected chi connectivity index (χ1v) is 7.80. The van der Waals surface area contributed by atoms with Crippen molar-refractivity contribution in [2.24, 2.45) is 0 Å². The molecule has 0 saturated heterocycles. The molecule has 2 N–H and O–H groups in total. The van der Waals surface area contributed by atoms with Crippen LogP contribution in [0.4, 0.5) is 5.69 Å². The van der Waals surface area contributed by atoms with Crippen molar-refractivity contribution in [1.82, 2.24) is 10.3 Å². The molecular weight excluding hydrogens is 330 g/mol. The largest absolute Gasteiger partial charge is 0.374 e. The summed E-state index contributed by atoms with van der Waals surface area (Å²) >= 11 is 3.41. The summed E-state index contributed by atoms with van der Waals surface area (Å²) in [6, 6.07) is 7.89. The molecule has 0 fully saturated rings. The van der Waals surface area contributed by atoms with Crippen molar-refractivity contribution < 1.29 is 4.79 Å². The average molecular weight is 350 g/mol. The van der Waals surface area contributed by atoms with Crippen molar-refractivity contribution in [1.29, 1.82) is 0 Å². The maximum atomic E-state index is 12.0. The van der Waals surface area contributed by atoms with Gasteiger partial charge in [-0.15, -0.1) is 0 Å². The zero-order valence-corrected chi connectivity index (χ0v) is 14.1. The Hall–Kier alpha value is -1.62. The fraction of sp³-hybridized carbons (Fsp3) is 0.375. The molecule has 0 saturated carbocycles. The molecule has 0 bridgehead atoms. The summed E-state index contributed by atoms with van der Waals surface area (Å²) in [7, 11) is 0. The van der Waals surface area contributed by atoms with Crippen molar-refractivity contribution in [3.05, 3.63) is 34.9 Å². The molecule has 1 aromatic heterocycles. The molecule has 0 spiro atoms. The molecular formula is C16H20BrN3O. The number of hydrogen-bond donors (Lipinski definition) is 2. The first kappa shape index (κ1) is 15.8. The number of halogens is 1. The third kappa shape index (κ3) is 4.17. The van der Waals surface area contributed by atoms with Gasteiger partial charge >= 0.3 is 0 Å². The lowest BCUT2D eigenvalue weighted by atomic mass is 10.0. The van der Waals surface area contributed by atoms with Crippen molar-refractivity contribution in [3.8, 4) is 0 Å². The minimum absolute atomic E-state index is 0.0176. The van der Waals surface area contributed by atoms with Crippen LogP contribution in [0.15, 0.2) is 34.9 Å². The minimum atomic E-state index is -0.180. The number of amides is 1. The molecule has 5 heteroatoms. The molecule has 2 aromatic rings. The Morgan fingerprint density at radius 3 is 2.86 bits per heavy atom. The maximum Gasteiger partial charge on any atom is 0.239 e. The zero-order valence-electron chi connectivity index (χ0n) is 12.5. The quantitative estimate of drug-likeness (QED) is 0.864. The van der Waals surface area contributed by atoms with Crippen LogP contribution in [-0.2, 0) is 4.79 Å². The Morgan fingerprint density at radius 2 is 2.14 bits per heavy atom. The molecule has 1 heterocycles. The molecule has 112 valence electrons. The number of fused-ring (bicyclic) bond motifs is 1. The number of nitrogens with zero attached hydrogens (tertiary/aromatic N) is 1. The Bertz CT molecular complexity index is 655. The van der Waals surface area contributed by atoms with Crippen LogP contribution in [0.25, 0.3) is 10.9 Å². The number of hydrogen-bond acceptors (Lipinski definition) is 3. The highest BCUT2D eigenvalue weighted by Crippen LogP contribution is 2.23. The number of para-hydroxylation sites is 1. The number of anilines is 1. The van der Waals surface area contributed by atoms with Crippen LogP contribution >= 0.6 is 15.9 Å². The molecule has 1 aromatic carbocycles.